The van der Waals surface area contributed by atoms with E-state index in [1.807, 2.05) is 31.2 Å². The van der Waals surface area contributed by atoms with Crippen LogP contribution in [0.25, 0.3) is 0 Å². The number of hydrogen-bond acceptors (Lipinski definition) is 3. The highest BCUT2D eigenvalue weighted by Crippen LogP contribution is 2.32. The van der Waals surface area contributed by atoms with Gasteiger partial charge in [-0.25, -0.2) is 4.79 Å². The van der Waals surface area contributed by atoms with Gasteiger partial charge in [0, 0.05) is 18.3 Å². The smallest absolute Gasteiger partial charge is 0.312 e. The molecule has 0 saturated carbocycles. The number of para-hydroxylation sites is 1. The van der Waals surface area contributed by atoms with Gasteiger partial charge in [0.15, 0.2) is 0 Å². The molecule has 6 nitrogen and oxygen atoms in total. The van der Waals surface area contributed by atoms with Crippen LogP contribution in [0, 0.1) is 0 Å². The first-order valence-corrected chi connectivity index (χ1v) is 8.60. The van der Waals surface area contributed by atoms with Crippen molar-refractivity contribution in [2.75, 3.05) is 18.0 Å². The quantitative estimate of drug-likeness (QED) is 0.778. The van der Waals surface area contributed by atoms with Gasteiger partial charge >= 0.3 is 6.03 Å². The summed E-state index contributed by atoms with van der Waals surface area (Å²) in [5.41, 5.74) is 2.05. The Hall–Kier alpha value is -2.37. The van der Waals surface area contributed by atoms with Gasteiger partial charge in [-0.1, -0.05) is 18.2 Å². The number of imide groups is 1. The van der Waals surface area contributed by atoms with Gasteiger partial charge < -0.3 is 9.80 Å². The first-order valence-electron chi connectivity index (χ1n) is 8.60. The van der Waals surface area contributed by atoms with E-state index in [1.54, 1.807) is 9.80 Å². The van der Waals surface area contributed by atoms with Gasteiger partial charge in [0.05, 0.1) is 0 Å². The van der Waals surface area contributed by atoms with Crippen molar-refractivity contribution in [3.8, 4) is 0 Å². The summed E-state index contributed by atoms with van der Waals surface area (Å²) in [6, 6.07) is 7.27. The molecule has 0 aliphatic carbocycles. The molecule has 2 unspecified atom stereocenters. The number of nitrogens with zero attached hydrogens (tertiary/aromatic N) is 3. The van der Waals surface area contributed by atoms with Crippen molar-refractivity contribution in [3.05, 3.63) is 29.8 Å². The van der Waals surface area contributed by atoms with Crippen LogP contribution in [0.5, 0.6) is 0 Å². The summed E-state index contributed by atoms with van der Waals surface area (Å²) in [6.45, 7) is 2.46. The lowest BCUT2D eigenvalue weighted by Crippen LogP contribution is -2.48. The van der Waals surface area contributed by atoms with Gasteiger partial charge in [-0.2, -0.15) is 0 Å². The maximum atomic E-state index is 12.9. The second-order valence-electron chi connectivity index (χ2n) is 6.84. The third-order valence-corrected chi connectivity index (χ3v) is 5.37. The zero-order valence-electron chi connectivity index (χ0n) is 13.8. The first kappa shape index (κ1) is 15.2. The summed E-state index contributed by atoms with van der Waals surface area (Å²) in [4.78, 5) is 42.2. The van der Waals surface area contributed by atoms with Crippen LogP contribution in [0.3, 0.4) is 0 Å². The Morgan fingerprint density at radius 1 is 1.21 bits per heavy atom. The molecule has 1 aromatic rings. The molecule has 1 aromatic carbocycles. The monoisotopic (exact) mass is 327 g/mol. The molecule has 4 rings (SSSR count). The zero-order chi connectivity index (χ0) is 16.8. The summed E-state index contributed by atoms with van der Waals surface area (Å²) >= 11 is 0. The summed E-state index contributed by atoms with van der Waals surface area (Å²) in [5.74, 6) is -0.402. The summed E-state index contributed by atoms with van der Waals surface area (Å²) in [7, 11) is 0. The largest absolute Gasteiger partial charge is 0.327 e. The Morgan fingerprint density at radius 3 is 2.79 bits per heavy atom. The van der Waals surface area contributed by atoms with Crippen molar-refractivity contribution < 1.29 is 14.4 Å². The fourth-order valence-electron chi connectivity index (χ4n) is 4.11. The maximum Gasteiger partial charge on any atom is 0.327 e. The van der Waals surface area contributed by atoms with Gasteiger partial charge in [-0.15, -0.1) is 0 Å². The van der Waals surface area contributed by atoms with E-state index in [4.69, 9.17) is 0 Å². The molecule has 3 aliphatic heterocycles. The lowest BCUT2D eigenvalue weighted by atomic mass is 9.96. The molecule has 0 bridgehead atoms. The predicted molar refractivity (Wildman–Crippen MR) is 88.5 cm³/mol. The fraction of sp³-hybridized carbons (Fsp3) is 0.500. The number of carbonyl (C=O) groups is 3. The predicted octanol–water partition coefficient (Wildman–Crippen LogP) is 1.78. The molecule has 0 N–H and O–H groups in total. The third-order valence-electron chi connectivity index (χ3n) is 5.37. The third kappa shape index (κ3) is 2.20. The van der Waals surface area contributed by atoms with Crippen LogP contribution in [-0.4, -0.2) is 52.8 Å². The fourth-order valence-corrected chi connectivity index (χ4v) is 4.11. The van der Waals surface area contributed by atoms with E-state index in [0.29, 0.717) is 13.0 Å². The van der Waals surface area contributed by atoms with Gasteiger partial charge in [0.1, 0.15) is 12.6 Å². The van der Waals surface area contributed by atoms with Crippen molar-refractivity contribution in [1.82, 2.24) is 9.80 Å². The average molecular weight is 327 g/mol. The van der Waals surface area contributed by atoms with Gasteiger partial charge in [-0.3, -0.25) is 14.5 Å². The molecule has 0 aromatic heterocycles. The first-order chi connectivity index (χ1) is 11.6. The molecule has 4 amide bonds. The number of urea groups is 1. The van der Waals surface area contributed by atoms with Crippen molar-refractivity contribution in [2.24, 2.45) is 0 Å². The number of anilines is 1. The van der Waals surface area contributed by atoms with E-state index < -0.39 is 0 Å². The zero-order valence-corrected chi connectivity index (χ0v) is 13.8. The summed E-state index contributed by atoms with van der Waals surface area (Å²) in [6.07, 6.45) is 3.40. The molecule has 0 spiro atoms. The van der Waals surface area contributed by atoms with Crippen molar-refractivity contribution in [1.29, 1.82) is 0 Å². The molecule has 2 saturated heterocycles. The lowest BCUT2D eigenvalue weighted by molar-refractivity contribution is -0.131. The normalized spacial score (nSPS) is 26.0. The number of hydrogen-bond donors (Lipinski definition) is 0. The Kier molecular flexibility index (Phi) is 3.55. The number of fused-ring (bicyclic) bond motifs is 2. The second-order valence-corrected chi connectivity index (χ2v) is 6.84. The molecular formula is C18H21N3O3. The SMILES string of the molecule is CC1CCc2ccccc2N1C(=O)CN1C(=O)C2CCCN2C1=O. The topological polar surface area (TPSA) is 60.9 Å². The van der Waals surface area contributed by atoms with Gasteiger partial charge in [0.2, 0.25) is 5.91 Å². The Balaban J connectivity index is 1.57. The number of amides is 4. The Labute approximate surface area is 141 Å². The average Bonchev–Trinajstić information content (AvgIpc) is 3.14. The van der Waals surface area contributed by atoms with E-state index in [9.17, 15) is 14.4 Å². The standard InChI is InChI=1S/C18H21N3O3/c1-12-8-9-13-5-2-3-6-14(13)21(12)16(22)11-20-17(23)15-7-4-10-19(15)18(20)24/h2-3,5-6,12,15H,4,7-11H2,1H3. The number of rotatable bonds is 2. The molecule has 2 atom stereocenters. The molecule has 24 heavy (non-hydrogen) atoms. The molecule has 0 radical (unpaired) electrons. The van der Waals surface area contributed by atoms with Crippen molar-refractivity contribution in [3.63, 3.8) is 0 Å². The number of benzene rings is 1. The summed E-state index contributed by atoms with van der Waals surface area (Å²) < 4.78 is 0. The highest BCUT2D eigenvalue weighted by Gasteiger charge is 2.48. The molecule has 6 heteroatoms. The molecule has 3 aliphatic rings. The van der Waals surface area contributed by atoms with E-state index in [0.717, 1.165) is 35.4 Å². The highest BCUT2D eigenvalue weighted by molar-refractivity contribution is 6.08. The van der Waals surface area contributed by atoms with Crippen LogP contribution in [0.2, 0.25) is 0 Å². The molecule has 3 heterocycles. The number of carbonyl (C=O) groups excluding carboxylic acids is 3. The Bertz CT molecular complexity index is 695. The van der Waals surface area contributed by atoms with Crippen LogP contribution in [0.4, 0.5) is 10.5 Å². The second kappa shape index (κ2) is 5.61. The minimum atomic E-state index is -0.351. The Morgan fingerprint density at radius 2 is 2.00 bits per heavy atom. The van der Waals surface area contributed by atoms with Gasteiger partial charge in [0.25, 0.3) is 5.91 Å². The van der Waals surface area contributed by atoms with Gasteiger partial charge in [-0.05, 0) is 44.2 Å². The van der Waals surface area contributed by atoms with E-state index >= 15 is 0 Å². The van der Waals surface area contributed by atoms with Crippen molar-refractivity contribution >= 4 is 23.5 Å². The molecular weight excluding hydrogens is 306 g/mol. The van der Waals surface area contributed by atoms with Crippen LogP contribution < -0.4 is 4.90 Å². The van der Waals surface area contributed by atoms with Crippen LogP contribution >= 0.6 is 0 Å². The van der Waals surface area contributed by atoms with Crippen LogP contribution in [-0.2, 0) is 16.0 Å². The van der Waals surface area contributed by atoms with Crippen LogP contribution in [0.15, 0.2) is 24.3 Å². The van der Waals surface area contributed by atoms with Crippen LogP contribution in [0.1, 0.15) is 31.7 Å². The lowest BCUT2D eigenvalue weighted by Gasteiger charge is -2.36. The molecule has 2 fully saturated rings. The number of aryl methyl sites for hydroxylation is 1. The minimum absolute atomic E-state index is 0.0695. The highest BCUT2D eigenvalue weighted by atomic mass is 16.2. The van der Waals surface area contributed by atoms with Crippen molar-refractivity contribution in [2.45, 2.75) is 44.7 Å². The van der Waals surface area contributed by atoms with E-state index in [-0.39, 0.29) is 36.5 Å². The van der Waals surface area contributed by atoms with E-state index in [1.165, 1.54) is 0 Å². The summed E-state index contributed by atoms with van der Waals surface area (Å²) in [5, 5.41) is 0. The maximum absolute atomic E-state index is 12.9. The minimum Gasteiger partial charge on any atom is -0.312 e. The molecule has 126 valence electrons. The van der Waals surface area contributed by atoms with E-state index in [2.05, 4.69) is 0 Å².